The van der Waals surface area contributed by atoms with Crippen molar-refractivity contribution in [1.29, 1.82) is 0 Å². The van der Waals surface area contributed by atoms with Crippen molar-refractivity contribution in [3.05, 3.63) is 60.5 Å². The first-order chi connectivity index (χ1) is 11.2. The maximum absolute atomic E-state index is 13.6. The van der Waals surface area contributed by atoms with Crippen LogP contribution >= 0.6 is 15.9 Å². The van der Waals surface area contributed by atoms with E-state index in [2.05, 4.69) is 15.9 Å². The second kappa shape index (κ2) is 6.79. The van der Waals surface area contributed by atoms with Gasteiger partial charge in [0.2, 0.25) is 5.78 Å². The minimum absolute atomic E-state index is 0.361. The molecule has 0 unspecified atom stereocenters. The number of nitrogens with one attached hydrogen (secondary N) is 1. The van der Waals surface area contributed by atoms with E-state index in [0.717, 1.165) is 10.6 Å². The zero-order valence-electron chi connectivity index (χ0n) is 12.3. The van der Waals surface area contributed by atoms with Crippen molar-refractivity contribution in [1.82, 2.24) is 9.55 Å². The van der Waals surface area contributed by atoms with Crippen molar-refractivity contribution >= 4 is 33.5 Å². The van der Waals surface area contributed by atoms with E-state index in [1.807, 2.05) is 4.98 Å². The number of ketones is 1. The molecule has 0 aliphatic rings. The smallest absolute Gasteiger partial charge is 0.341 e. The maximum atomic E-state index is 13.6. The quantitative estimate of drug-likeness (QED) is 0.572. The Morgan fingerprint density at radius 3 is 2.67 bits per heavy atom. The number of aromatic amines is 1. The summed E-state index contributed by atoms with van der Waals surface area (Å²) in [5.41, 5.74) is 2.90. The molecule has 0 bridgehead atoms. The van der Waals surface area contributed by atoms with Crippen molar-refractivity contribution in [2.24, 2.45) is 7.05 Å². The van der Waals surface area contributed by atoms with Crippen LogP contribution in [-0.2, 0) is 11.8 Å². The van der Waals surface area contributed by atoms with Gasteiger partial charge in [0.1, 0.15) is 17.2 Å². The molecular weight excluding hydrogens is 389 g/mol. The van der Waals surface area contributed by atoms with Gasteiger partial charge >= 0.3 is 11.7 Å². The molecule has 0 atom stereocenters. The molecular formula is C14H11BrFN3O5. The fourth-order valence-electron chi connectivity index (χ4n) is 1.84. The highest BCUT2D eigenvalue weighted by molar-refractivity contribution is 9.10. The fraction of sp³-hybridized carbons (Fsp3) is 0.143. The van der Waals surface area contributed by atoms with E-state index in [0.29, 0.717) is 4.47 Å². The van der Waals surface area contributed by atoms with E-state index in [1.165, 1.54) is 19.2 Å². The normalized spacial score (nSPS) is 10.5. The largest absolute Gasteiger partial charge is 0.454 e. The number of ether oxygens (including phenoxy) is 1. The molecule has 0 radical (unpaired) electrons. The molecule has 0 saturated heterocycles. The summed E-state index contributed by atoms with van der Waals surface area (Å²) >= 11 is 3.04. The highest BCUT2D eigenvalue weighted by Crippen LogP contribution is 2.16. The average molecular weight is 400 g/mol. The number of nitrogens with zero attached hydrogens (tertiary/aromatic N) is 1. The summed E-state index contributed by atoms with van der Waals surface area (Å²) in [6.07, 6.45) is 0. The SMILES string of the molecule is Cn1c(N)c(C(=O)COC(=O)c2ccc(Br)cc2F)c(=O)[nH]c1=O. The Hall–Kier alpha value is -2.75. The third-order valence-corrected chi connectivity index (χ3v) is 3.63. The fourth-order valence-corrected chi connectivity index (χ4v) is 2.18. The summed E-state index contributed by atoms with van der Waals surface area (Å²) in [5.74, 6) is -3.19. The Morgan fingerprint density at radius 2 is 2.04 bits per heavy atom. The van der Waals surface area contributed by atoms with Gasteiger partial charge in [-0.25, -0.2) is 14.0 Å². The molecule has 1 heterocycles. The van der Waals surface area contributed by atoms with Crippen LogP contribution in [0.3, 0.4) is 0 Å². The number of carbonyl (C=O) groups is 2. The van der Waals surface area contributed by atoms with Gasteiger partial charge < -0.3 is 10.5 Å². The summed E-state index contributed by atoms with van der Waals surface area (Å²) in [4.78, 5) is 48.8. The predicted octanol–water partition coefficient (Wildman–Crippen LogP) is 0.597. The Balaban J connectivity index is 2.20. The van der Waals surface area contributed by atoms with Crippen LogP contribution in [0.5, 0.6) is 0 Å². The summed E-state index contributed by atoms with van der Waals surface area (Å²) in [5, 5.41) is 0. The van der Waals surface area contributed by atoms with Crippen molar-refractivity contribution in [2.45, 2.75) is 0 Å². The van der Waals surface area contributed by atoms with Gasteiger partial charge in [-0.2, -0.15) is 0 Å². The van der Waals surface area contributed by atoms with Crippen LogP contribution in [-0.4, -0.2) is 27.9 Å². The number of Topliss-reactive ketones (excluding diaryl/α,β-unsaturated/α-hetero) is 1. The van der Waals surface area contributed by atoms with E-state index in [9.17, 15) is 23.6 Å². The molecule has 8 nitrogen and oxygen atoms in total. The summed E-state index contributed by atoms with van der Waals surface area (Å²) in [6.45, 7) is -0.834. The number of hydrogen-bond donors (Lipinski definition) is 2. The Labute approximate surface area is 142 Å². The van der Waals surface area contributed by atoms with Crippen LogP contribution < -0.4 is 17.0 Å². The minimum atomic E-state index is -1.08. The molecule has 0 saturated carbocycles. The van der Waals surface area contributed by atoms with Crippen LogP contribution in [0, 0.1) is 5.82 Å². The number of H-pyrrole nitrogens is 1. The van der Waals surface area contributed by atoms with Gasteiger partial charge in [0.05, 0.1) is 5.56 Å². The third kappa shape index (κ3) is 3.43. The Morgan fingerprint density at radius 1 is 1.38 bits per heavy atom. The standard InChI is InChI=1S/C14H11BrFN3O5/c1-19-11(17)10(12(21)18-14(19)23)9(20)5-24-13(22)7-3-2-6(15)4-8(7)16/h2-4H,5,17H2,1H3,(H,18,21,23). The van der Waals surface area contributed by atoms with E-state index in [1.54, 1.807) is 0 Å². The highest BCUT2D eigenvalue weighted by Gasteiger charge is 2.21. The first kappa shape index (κ1) is 17.6. The van der Waals surface area contributed by atoms with Gasteiger partial charge in [-0.1, -0.05) is 15.9 Å². The van der Waals surface area contributed by atoms with Gasteiger partial charge in [-0.05, 0) is 18.2 Å². The molecule has 0 spiro atoms. The lowest BCUT2D eigenvalue weighted by Crippen LogP contribution is -2.35. The molecule has 1 aromatic heterocycles. The zero-order chi connectivity index (χ0) is 18.0. The lowest BCUT2D eigenvalue weighted by molar-refractivity contribution is 0.0469. The highest BCUT2D eigenvalue weighted by atomic mass is 79.9. The number of halogens is 2. The van der Waals surface area contributed by atoms with Crippen LogP contribution in [0.15, 0.2) is 32.3 Å². The molecule has 10 heteroatoms. The molecule has 0 aliphatic carbocycles. The number of carbonyl (C=O) groups excluding carboxylic acids is 2. The monoisotopic (exact) mass is 399 g/mol. The minimum Gasteiger partial charge on any atom is -0.454 e. The first-order valence-corrected chi connectivity index (χ1v) is 7.25. The number of nitrogens with two attached hydrogens (primary N) is 1. The van der Waals surface area contributed by atoms with Crippen LogP contribution in [0.25, 0.3) is 0 Å². The van der Waals surface area contributed by atoms with Crippen LogP contribution in [0.4, 0.5) is 10.2 Å². The first-order valence-electron chi connectivity index (χ1n) is 6.46. The van der Waals surface area contributed by atoms with Crippen molar-refractivity contribution in [3.63, 3.8) is 0 Å². The number of anilines is 1. The summed E-state index contributed by atoms with van der Waals surface area (Å²) < 4.78 is 19.6. The van der Waals surface area contributed by atoms with Crippen molar-refractivity contribution < 1.29 is 18.7 Å². The Kier molecular flexibility index (Phi) is 4.98. The molecule has 0 amide bonds. The number of aromatic nitrogens is 2. The van der Waals surface area contributed by atoms with Crippen molar-refractivity contribution in [3.8, 4) is 0 Å². The lowest BCUT2D eigenvalue weighted by Gasteiger charge is -2.08. The van der Waals surface area contributed by atoms with Gasteiger partial charge in [-0.3, -0.25) is 19.1 Å². The molecule has 0 fully saturated rings. The van der Waals surface area contributed by atoms with E-state index in [-0.39, 0.29) is 11.4 Å². The van der Waals surface area contributed by atoms with Gasteiger partial charge in [0.15, 0.2) is 6.61 Å². The number of benzene rings is 1. The van der Waals surface area contributed by atoms with Crippen molar-refractivity contribution in [2.75, 3.05) is 12.3 Å². The van der Waals surface area contributed by atoms with E-state index < -0.39 is 41.0 Å². The Bertz CT molecular complexity index is 950. The second-order valence-electron chi connectivity index (χ2n) is 4.70. The van der Waals surface area contributed by atoms with Crippen LogP contribution in [0.2, 0.25) is 0 Å². The molecule has 2 rings (SSSR count). The summed E-state index contributed by atoms with van der Waals surface area (Å²) in [7, 11) is 1.26. The topological polar surface area (TPSA) is 124 Å². The van der Waals surface area contributed by atoms with Gasteiger partial charge in [0, 0.05) is 11.5 Å². The third-order valence-electron chi connectivity index (χ3n) is 3.13. The zero-order valence-corrected chi connectivity index (χ0v) is 13.8. The molecule has 126 valence electrons. The second-order valence-corrected chi connectivity index (χ2v) is 5.62. The number of esters is 1. The molecule has 3 N–H and O–H groups in total. The molecule has 24 heavy (non-hydrogen) atoms. The maximum Gasteiger partial charge on any atom is 0.341 e. The predicted molar refractivity (Wildman–Crippen MR) is 85.4 cm³/mol. The lowest BCUT2D eigenvalue weighted by atomic mass is 10.2. The van der Waals surface area contributed by atoms with E-state index >= 15 is 0 Å². The average Bonchev–Trinajstić information content (AvgIpc) is 2.50. The molecule has 1 aromatic carbocycles. The number of hydrogen-bond acceptors (Lipinski definition) is 6. The number of rotatable bonds is 4. The van der Waals surface area contributed by atoms with Crippen LogP contribution in [0.1, 0.15) is 20.7 Å². The summed E-state index contributed by atoms with van der Waals surface area (Å²) in [6, 6.07) is 3.67. The molecule has 0 aliphatic heterocycles. The van der Waals surface area contributed by atoms with E-state index in [4.69, 9.17) is 10.5 Å². The molecule has 2 aromatic rings. The number of nitrogen functional groups attached to an aromatic ring is 1. The van der Waals surface area contributed by atoms with Gasteiger partial charge in [0.25, 0.3) is 5.56 Å². The van der Waals surface area contributed by atoms with Gasteiger partial charge in [-0.15, -0.1) is 0 Å².